The Balaban J connectivity index is 2.49. The second-order valence-corrected chi connectivity index (χ2v) is 5.17. The smallest absolute Gasteiger partial charge is 0.356 e. The molecular weight excluding hydrogens is 282 g/mol. The maximum atomic E-state index is 12.5. The maximum absolute atomic E-state index is 12.5. The van der Waals surface area contributed by atoms with Crippen LogP contribution in [0.25, 0.3) is 0 Å². The lowest BCUT2D eigenvalue weighted by atomic mass is 10.1. The van der Waals surface area contributed by atoms with Gasteiger partial charge in [-0.25, -0.2) is 14.8 Å². The Morgan fingerprint density at radius 2 is 1.45 bits per heavy atom. The van der Waals surface area contributed by atoms with Gasteiger partial charge >= 0.3 is 5.97 Å². The summed E-state index contributed by atoms with van der Waals surface area (Å²) >= 11 is 0. The Kier molecular flexibility index (Phi) is 4.21. The molecule has 0 radical (unpaired) electrons. The van der Waals surface area contributed by atoms with E-state index in [0.29, 0.717) is 17.0 Å². The molecule has 0 saturated carbocycles. The minimum atomic E-state index is -1.26. The average molecular weight is 299 g/mol. The molecule has 1 N–H and O–H groups in total. The van der Waals surface area contributed by atoms with Crippen LogP contribution in [0.15, 0.2) is 24.3 Å². The third-order valence-corrected chi connectivity index (χ3v) is 3.37. The van der Waals surface area contributed by atoms with Crippen molar-refractivity contribution in [2.45, 2.75) is 13.8 Å². The van der Waals surface area contributed by atoms with Gasteiger partial charge in [0.25, 0.3) is 0 Å². The minimum absolute atomic E-state index is 0.131. The van der Waals surface area contributed by atoms with Crippen LogP contribution in [-0.2, 0) is 0 Å². The van der Waals surface area contributed by atoms with Gasteiger partial charge in [0.1, 0.15) is 5.69 Å². The number of aromatic carboxylic acids is 1. The number of aromatic nitrogens is 2. The van der Waals surface area contributed by atoms with Gasteiger partial charge in [-0.05, 0) is 38.1 Å². The highest BCUT2D eigenvalue weighted by atomic mass is 16.4. The van der Waals surface area contributed by atoms with E-state index in [1.807, 2.05) is 19.0 Å². The Labute approximate surface area is 128 Å². The van der Waals surface area contributed by atoms with E-state index in [1.54, 1.807) is 38.1 Å². The van der Waals surface area contributed by atoms with Crippen molar-refractivity contribution in [3.05, 3.63) is 52.6 Å². The van der Waals surface area contributed by atoms with Crippen LogP contribution >= 0.6 is 0 Å². The number of carboxylic acids is 1. The van der Waals surface area contributed by atoms with E-state index in [4.69, 9.17) is 0 Å². The zero-order valence-corrected chi connectivity index (χ0v) is 12.9. The van der Waals surface area contributed by atoms with Crippen molar-refractivity contribution in [2.75, 3.05) is 19.0 Å². The summed E-state index contributed by atoms with van der Waals surface area (Å²) in [5.41, 5.74) is 1.92. The normalized spacial score (nSPS) is 10.4. The fourth-order valence-electron chi connectivity index (χ4n) is 1.96. The van der Waals surface area contributed by atoms with Gasteiger partial charge in [0.2, 0.25) is 5.78 Å². The molecular formula is C16H17N3O3. The first-order chi connectivity index (χ1) is 10.3. The first kappa shape index (κ1) is 15.6. The Bertz CT molecular complexity index is 737. The molecule has 114 valence electrons. The fourth-order valence-corrected chi connectivity index (χ4v) is 1.96. The third-order valence-electron chi connectivity index (χ3n) is 3.37. The highest BCUT2D eigenvalue weighted by Gasteiger charge is 2.22. The van der Waals surface area contributed by atoms with Crippen LogP contribution in [0.3, 0.4) is 0 Å². The van der Waals surface area contributed by atoms with Gasteiger partial charge < -0.3 is 10.0 Å². The van der Waals surface area contributed by atoms with Gasteiger partial charge in [-0.1, -0.05) is 0 Å². The first-order valence-corrected chi connectivity index (χ1v) is 6.72. The number of benzene rings is 1. The van der Waals surface area contributed by atoms with Gasteiger partial charge in [-0.15, -0.1) is 0 Å². The van der Waals surface area contributed by atoms with Crippen LogP contribution in [0.2, 0.25) is 0 Å². The molecule has 0 saturated heterocycles. The summed E-state index contributed by atoms with van der Waals surface area (Å²) in [5.74, 6) is -1.71. The van der Waals surface area contributed by atoms with Crippen LogP contribution in [0.1, 0.15) is 37.9 Å². The van der Waals surface area contributed by atoms with Crippen LogP contribution in [0.5, 0.6) is 0 Å². The minimum Gasteiger partial charge on any atom is -0.476 e. The molecule has 0 aliphatic rings. The number of anilines is 1. The van der Waals surface area contributed by atoms with Crippen LogP contribution in [0, 0.1) is 13.8 Å². The quantitative estimate of drug-likeness (QED) is 0.870. The molecule has 1 aromatic carbocycles. The lowest BCUT2D eigenvalue weighted by Gasteiger charge is -2.12. The lowest BCUT2D eigenvalue weighted by Crippen LogP contribution is -2.16. The van der Waals surface area contributed by atoms with Crippen LogP contribution < -0.4 is 4.90 Å². The molecule has 6 nitrogen and oxygen atoms in total. The summed E-state index contributed by atoms with van der Waals surface area (Å²) in [6.07, 6.45) is 0. The van der Waals surface area contributed by atoms with Crippen molar-refractivity contribution < 1.29 is 14.7 Å². The average Bonchev–Trinajstić information content (AvgIpc) is 2.48. The number of carboxylic acid groups (broad SMARTS) is 1. The zero-order valence-electron chi connectivity index (χ0n) is 12.9. The monoisotopic (exact) mass is 299 g/mol. The lowest BCUT2D eigenvalue weighted by molar-refractivity contribution is 0.0685. The molecule has 1 aromatic heterocycles. The number of nitrogens with zero attached hydrogens (tertiary/aromatic N) is 3. The van der Waals surface area contributed by atoms with Crippen molar-refractivity contribution in [3.8, 4) is 0 Å². The molecule has 0 unspecified atom stereocenters. The van der Waals surface area contributed by atoms with E-state index in [-0.39, 0.29) is 11.4 Å². The molecule has 0 aliphatic carbocycles. The van der Waals surface area contributed by atoms with Gasteiger partial charge in [0.05, 0.1) is 11.4 Å². The van der Waals surface area contributed by atoms with Crippen molar-refractivity contribution in [2.24, 2.45) is 0 Å². The second kappa shape index (κ2) is 5.93. The molecule has 0 bridgehead atoms. The van der Waals surface area contributed by atoms with Gasteiger partial charge in [0.15, 0.2) is 5.69 Å². The summed E-state index contributed by atoms with van der Waals surface area (Å²) in [6, 6.07) is 6.89. The van der Waals surface area contributed by atoms with E-state index in [9.17, 15) is 14.7 Å². The summed E-state index contributed by atoms with van der Waals surface area (Å²) in [4.78, 5) is 33.8. The van der Waals surface area contributed by atoms with E-state index in [0.717, 1.165) is 5.69 Å². The van der Waals surface area contributed by atoms with Gasteiger partial charge in [0, 0.05) is 25.3 Å². The Morgan fingerprint density at radius 3 is 1.91 bits per heavy atom. The largest absolute Gasteiger partial charge is 0.476 e. The van der Waals surface area contributed by atoms with E-state index < -0.39 is 11.8 Å². The first-order valence-electron chi connectivity index (χ1n) is 6.72. The van der Waals surface area contributed by atoms with Gasteiger partial charge in [-0.3, -0.25) is 4.79 Å². The highest BCUT2D eigenvalue weighted by Crippen LogP contribution is 2.17. The fraction of sp³-hybridized carbons (Fsp3) is 0.250. The molecule has 0 amide bonds. The number of hydrogen-bond donors (Lipinski definition) is 1. The molecule has 6 heteroatoms. The second-order valence-electron chi connectivity index (χ2n) is 5.17. The SMILES string of the molecule is Cc1nc(C(=O)O)c(C(=O)c2ccc(N(C)C)cc2)nc1C. The third kappa shape index (κ3) is 2.95. The summed E-state index contributed by atoms with van der Waals surface area (Å²) in [7, 11) is 3.79. The zero-order chi connectivity index (χ0) is 16.4. The molecule has 0 spiro atoms. The van der Waals surface area contributed by atoms with Crippen molar-refractivity contribution >= 4 is 17.4 Å². The number of rotatable bonds is 4. The predicted octanol–water partition coefficient (Wildman–Crippen LogP) is 2.09. The predicted molar refractivity (Wildman–Crippen MR) is 82.7 cm³/mol. The van der Waals surface area contributed by atoms with Crippen LogP contribution in [0.4, 0.5) is 5.69 Å². The summed E-state index contributed by atoms with van der Waals surface area (Å²) < 4.78 is 0. The van der Waals surface area contributed by atoms with E-state index in [2.05, 4.69) is 9.97 Å². The highest BCUT2D eigenvalue weighted by molar-refractivity contribution is 6.12. The van der Waals surface area contributed by atoms with Crippen LogP contribution in [-0.4, -0.2) is 40.9 Å². The van der Waals surface area contributed by atoms with E-state index >= 15 is 0 Å². The molecule has 0 aliphatic heterocycles. The van der Waals surface area contributed by atoms with Crippen molar-refractivity contribution in [1.82, 2.24) is 9.97 Å². The number of aryl methyl sites for hydroxylation is 2. The van der Waals surface area contributed by atoms with Crippen molar-refractivity contribution in [3.63, 3.8) is 0 Å². The molecule has 0 fully saturated rings. The molecule has 2 aromatic rings. The molecule has 1 heterocycles. The summed E-state index contributed by atoms with van der Waals surface area (Å²) in [6.45, 7) is 3.36. The number of ketones is 1. The van der Waals surface area contributed by atoms with Gasteiger partial charge in [-0.2, -0.15) is 0 Å². The molecule has 22 heavy (non-hydrogen) atoms. The number of carbonyl (C=O) groups excluding carboxylic acids is 1. The van der Waals surface area contributed by atoms with E-state index in [1.165, 1.54) is 0 Å². The summed E-state index contributed by atoms with van der Waals surface area (Å²) in [5, 5.41) is 9.23. The van der Waals surface area contributed by atoms with Crippen molar-refractivity contribution in [1.29, 1.82) is 0 Å². The maximum Gasteiger partial charge on any atom is 0.356 e. The number of carbonyl (C=O) groups is 2. The molecule has 2 rings (SSSR count). The topological polar surface area (TPSA) is 83.4 Å². The molecule has 0 atom stereocenters. The Hall–Kier alpha value is -2.76. The Morgan fingerprint density at radius 1 is 0.955 bits per heavy atom. The standard InChI is InChI=1S/C16H17N3O3/c1-9-10(2)18-14(16(21)22)13(17-9)15(20)11-5-7-12(8-6-11)19(3)4/h5-8H,1-4H3,(H,21,22). The number of hydrogen-bond acceptors (Lipinski definition) is 5.